The van der Waals surface area contributed by atoms with Crippen LogP contribution in [0, 0.1) is 5.92 Å². The molecular formula is C20H19NO3. The summed E-state index contributed by atoms with van der Waals surface area (Å²) in [5.74, 6) is 0.678. The van der Waals surface area contributed by atoms with Gasteiger partial charge in [-0.05, 0) is 24.1 Å². The number of carbonyl (C=O) groups excluding carboxylic acids is 1. The molecule has 0 bridgehead atoms. The Hall–Kier alpha value is -2.59. The van der Waals surface area contributed by atoms with Gasteiger partial charge in [0, 0.05) is 12.0 Å². The third kappa shape index (κ3) is 2.93. The van der Waals surface area contributed by atoms with E-state index in [4.69, 9.17) is 9.15 Å². The van der Waals surface area contributed by atoms with Crippen LogP contribution in [0.5, 0.6) is 0 Å². The fourth-order valence-corrected chi connectivity index (χ4v) is 3.11. The quantitative estimate of drug-likeness (QED) is 0.797. The lowest BCUT2D eigenvalue weighted by atomic mass is 10.0. The highest BCUT2D eigenvalue weighted by Crippen LogP contribution is 2.29. The predicted octanol–water partition coefficient (Wildman–Crippen LogP) is 3.67. The van der Waals surface area contributed by atoms with Crippen molar-refractivity contribution >= 4 is 16.9 Å². The van der Waals surface area contributed by atoms with E-state index < -0.39 is 0 Å². The van der Waals surface area contributed by atoms with Gasteiger partial charge >= 0.3 is 0 Å². The molecule has 1 aliphatic heterocycles. The third-order valence-corrected chi connectivity index (χ3v) is 4.45. The van der Waals surface area contributed by atoms with Crippen molar-refractivity contribution in [2.24, 2.45) is 5.92 Å². The Morgan fingerprint density at radius 1 is 1.08 bits per heavy atom. The Balaban J connectivity index is 1.68. The molecule has 4 rings (SSSR count). The number of hydrogen-bond donors (Lipinski definition) is 1. The van der Waals surface area contributed by atoms with Crippen LogP contribution in [0.15, 0.2) is 65.1 Å². The lowest BCUT2D eigenvalue weighted by molar-refractivity contribution is -0.125. The summed E-state index contributed by atoms with van der Waals surface area (Å²) in [6.07, 6.45) is 0.771. The lowest BCUT2D eigenvalue weighted by Crippen LogP contribution is -2.34. The fraction of sp³-hybridized carbons (Fsp3) is 0.250. The molecule has 4 heteroatoms. The Morgan fingerprint density at radius 3 is 2.62 bits per heavy atom. The van der Waals surface area contributed by atoms with Crippen molar-refractivity contribution < 1.29 is 13.9 Å². The number of benzene rings is 2. The van der Waals surface area contributed by atoms with Crippen LogP contribution in [0.25, 0.3) is 11.0 Å². The zero-order chi connectivity index (χ0) is 16.4. The molecule has 1 saturated heterocycles. The van der Waals surface area contributed by atoms with Crippen LogP contribution in [0.2, 0.25) is 0 Å². The van der Waals surface area contributed by atoms with Crippen molar-refractivity contribution in [3.05, 3.63) is 72.0 Å². The largest absolute Gasteiger partial charge is 0.459 e. The molecule has 122 valence electrons. The number of ether oxygens (including phenoxy) is 1. The zero-order valence-electron chi connectivity index (χ0n) is 13.3. The first-order chi connectivity index (χ1) is 11.8. The van der Waals surface area contributed by atoms with E-state index in [1.54, 1.807) is 0 Å². The van der Waals surface area contributed by atoms with E-state index in [-0.39, 0.29) is 17.9 Å². The SMILES string of the molecule is O=C(N[C@H](c1ccccc1)c1cc2ccccc2o1)[C@H]1CCOC1. The van der Waals surface area contributed by atoms with Crippen LogP contribution in [-0.2, 0) is 9.53 Å². The normalized spacial score (nSPS) is 18.6. The van der Waals surface area contributed by atoms with Crippen LogP contribution >= 0.6 is 0 Å². The van der Waals surface area contributed by atoms with Gasteiger partial charge in [-0.25, -0.2) is 0 Å². The fourth-order valence-electron chi connectivity index (χ4n) is 3.11. The second-order valence-electron chi connectivity index (χ2n) is 6.10. The second kappa shape index (κ2) is 6.49. The Labute approximate surface area is 140 Å². The number of rotatable bonds is 4. The molecule has 3 aromatic rings. The molecule has 1 aromatic heterocycles. The maximum Gasteiger partial charge on any atom is 0.226 e. The van der Waals surface area contributed by atoms with E-state index in [2.05, 4.69) is 5.32 Å². The molecule has 1 N–H and O–H groups in total. The van der Waals surface area contributed by atoms with Gasteiger partial charge in [0.1, 0.15) is 17.4 Å². The smallest absolute Gasteiger partial charge is 0.226 e. The van der Waals surface area contributed by atoms with Gasteiger partial charge in [-0.2, -0.15) is 0 Å². The van der Waals surface area contributed by atoms with E-state index in [9.17, 15) is 4.79 Å². The first-order valence-corrected chi connectivity index (χ1v) is 8.23. The molecule has 2 heterocycles. The maximum absolute atomic E-state index is 12.6. The minimum atomic E-state index is -0.299. The van der Waals surface area contributed by atoms with Crippen molar-refractivity contribution in [1.29, 1.82) is 0 Å². The zero-order valence-corrected chi connectivity index (χ0v) is 13.3. The topological polar surface area (TPSA) is 51.5 Å². The van der Waals surface area contributed by atoms with E-state index in [1.165, 1.54) is 0 Å². The van der Waals surface area contributed by atoms with Crippen LogP contribution in [0.1, 0.15) is 23.8 Å². The van der Waals surface area contributed by atoms with E-state index >= 15 is 0 Å². The van der Waals surface area contributed by atoms with Gasteiger partial charge in [0.15, 0.2) is 0 Å². The van der Waals surface area contributed by atoms with Crippen molar-refractivity contribution in [2.75, 3.05) is 13.2 Å². The van der Waals surface area contributed by atoms with Gasteiger partial charge in [0.05, 0.1) is 12.5 Å². The summed E-state index contributed by atoms with van der Waals surface area (Å²) in [6.45, 7) is 1.15. The maximum atomic E-state index is 12.6. The van der Waals surface area contributed by atoms with Crippen molar-refractivity contribution in [3.8, 4) is 0 Å². The monoisotopic (exact) mass is 321 g/mol. The molecule has 1 fully saturated rings. The summed E-state index contributed by atoms with van der Waals surface area (Å²) in [7, 11) is 0. The summed E-state index contributed by atoms with van der Waals surface area (Å²) in [4.78, 5) is 12.6. The van der Waals surface area contributed by atoms with Gasteiger partial charge in [0.2, 0.25) is 5.91 Å². The van der Waals surface area contributed by atoms with Gasteiger partial charge in [-0.1, -0.05) is 48.5 Å². The minimum absolute atomic E-state index is 0.0156. The van der Waals surface area contributed by atoms with E-state index in [1.807, 2.05) is 60.7 Å². The molecule has 1 aliphatic rings. The highest BCUT2D eigenvalue weighted by molar-refractivity contribution is 5.81. The van der Waals surface area contributed by atoms with Crippen LogP contribution in [0.4, 0.5) is 0 Å². The summed E-state index contributed by atoms with van der Waals surface area (Å²) in [6, 6.07) is 19.5. The standard InChI is InChI=1S/C20H19NO3/c22-20(16-10-11-23-13-16)21-19(14-6-2-1-3-7-14)18-12-15-8-4-5-9-17(15)24-18/h1-9,12,16,19H,10-11,13H2,(H,21,22)/t16-,19+/m0/s1. The van der Waals surface area contributed by atoms with Gasteiger partial charge < -0.3 is 14.5 Å². The number of furan rings is 1. The summed E-state index contributed by atoms with van der Waals surface area (Å²) in [5, 5.41) is 4.17. The van der Waals surface area contributed by atoms with Gasteiger partial charge in [0.25, 0.3) is 0 Å². The number of fused-ring (bicyclic) bond motifs is 1. The second-order valence-corrected chi connectivity index (χ2v) is 6.10. The first-order valence-electron chi connectivity index (χ1n) is 8.23. The predicted molar refractivity (Wildman–Crippen MR) is 91.6 cm³/mol. The number of carbonyl (C=O) groups is 1. The molecule has 2 atom stereocenters. The average Bonchev–Trinajstić information content (AvgIpc) is 3.29. The van der Waals surface area contributed by atoms with Crippen molar-refractivity contribution in [3.63, 3.8) is 0 Å². The van der Waals surface area contributed by atoms with Crippen LogP contribution < -0.4 is 5.32 Å². The highest BCUT2D eigenvalue weighted by Gasteiger charge is 2.28. The third-order valence-electron chi connectivity index (χ3n) is 4.45. The van der Waals surface area contributed by atoms with E-state index in [0.717, 1.165) is 28.7 Å². The van der Waals surface area contributed by atoms with Gasteiger partial charge in [-0.3, -0.25) is 4.79 Å². The molecule has 0 aliphatic carbocycles. The molecular weight excluding hydrogens is 302 g/mol. The first kappa shape index (κ1) is 15.0. The molecule has 0 radical (unpaired) electrons. The summed E-state index contributed by atoms with van der Waals surface area (Å²) >= 11 is 0. The molecule has 1 amide bonds. The highest BCUT2D eigenvalue weighted by atomic mass is 16.5. The molecule has 4 nitrogen and oxygen atoms in total. The van der Waals surface area contributed by atoms with Crippen molar-refractivity contribution in [1.82, 2.24) is 5.32 Å². The van der Waals surface area contributed by atoms with Crippen molar-refractivity contribution in [2.45, 2.75) is 12.5 Å². The molecule has 0 spiro atoms. The molecule has 2 aromatic carbocycles. The van der Waals surface area contributed by atoms with Gasteiger partial charge in [-0.15, -0.1) is 0 Å². The average molecular weight is 321 g/mol. The van der Waals surface area contributed by atoms with Crippen LogP contribution in [-0.4, -0.2) is 19.1 Å². The number of nitrogens with one attached hydrogen (secondary N) is 1. The Morgan fingerprint density at radius 2 is 1.88 bits per heavy atom. The summed E-state index contributed by atoms with van der Waals surface area (Å²) in [5.41, 5.74) is 1.83. The molecule has 0 unspecified atom stereocenters. The van der Waals surface area contributed by atoms with Crippen LogP contribution in [0.3, 0.4) is 0 Å². The number of hydrogen-bond acceptors (Lipinski definition) is 3. The van der Waals surface area contributed by atoms with E-state index in [0.29, 0.717) is 13.2 Å². The Bertz CT molecular complexity index is 801. The Kier molecular flexibility index (Phi) is 4.05. The lowest BCUT2D eigenvalue weighted by Gasteiger charge is -2.19. The molecule has 0 saturated carbocycles. The number of amides is 1. The number of para-hydroxylation sites is 1. The summed E-state index contributed by atoms with van der Waals surface area (Å²) < 4.78 is 11.3. The minimum Gasteiger partial charge on any atom is -0.459 e. The molecule has 24 heavy (non-hydrogen) atoms.